The van der Waals surface area contributed by atoms with E-state index < -0.39 is 11.9 Å². The average molecular weight is 561 g/mol. The Bertz CT molecular complexity index is 446. The fourth-order valence-electron chi connectivity index (χ4n) is 5.65. The van der Waals surface area contributed by atoms with Crippen LogP contribution in [0, 0.1) is 11.8 Å². The molecule has 2 unspecified atom stereocenters. The minimum absolute atomic E-state index is 0.787. The summed E-state index contributed by atoms with van der Waals surface area (Å²) in [6.45, 7) is 4.91. The van der Waals surface area contributed by atoms with Gasteiger partial charge in [0.05, 0.1) is 0 Å². The van der Waals surface area contributed by atoms with E-state index in [0.29, 0.717) is 0 Å². The maximum absolute atomic E-state index is 5.36. The Hall–Kier alpha value is -0.240. The van der Waals surface area contributed by atoms with E-state index in [1.165, 1.54) is 109 Å². The van der Waals surface area contributed by atoms with Crippen LogP contribution in [-0.4, -0.2) is 54.6 Å². The molecule has 0 aromatic carbocycles. The Kier molecular flexibility index (Phi) is 25.3. The smallest absolute Gasteiger partial charge is 0.282 e. The molecule has 0 fully saturated rings. The fraction of sp³-hybridized carbons (Fsp3) is 1.00. The predicted octanol–water partition coefficient (Wildman–Crippen LogP) is 9.64. The van der Waals surface area contributed by atoms with Crippen LogP contribution in [0.1, 0.15) is 149 Å². The summed E-state index contributed by atoms with van der Waals surface area (Å²) in [6, 6.07) is 0. The summed E-state index contributed by atoms with van der Waals surface area (Å²) in [6.07, 6.45) is 26.7. The highest BCUT2D eigenvalue weighted by molar-refractivity contribution is 4.61. The molecule has 0 radical (unpaired) electrons. The molecule has 0 aromatic heterocycles. The van der Waals surface area contributed by atoms with Gasteiger partial charge < -0.3 is 28.4 Å². The molecular weight excluding hydrogens is 492 g/mol. The van der Waals surface area contributed by atoms with Gasteiger partial charge in [0.2, 0.25) is 0 Å². The van der Waals surface area contributed by atoms with Gasteiger partial charge in [-0.2, -0.15) is 0 Å². The molecule has 0 bridgehead atoms. The van der Waals surface area contributed by atoms with Crippen LogP contribution in [0.5, 0.6) is 0 Å². The van der Waals surface area contributed by atoms with E-state index in [0.717, 1.165) is 37.5 Å². The summed E-state index contributed by atoms with van der Waals surface area (Å²) in [5.41, 5.74) is 0. The lowest BCUT2D eigenvalue weighted by molar-refractivity contribution is -0.355. The third kappa shape index (κ3) is 19.5. The van der Waals surface area contributed by atoms with E-state index in [2.05, 4.69) is 13.8 Å². The minimum atomic E-state index is -0.858. The van der Waals surface area contributed by atoms with E-state index in [9.17, 15) is 0 Å². The van der Waals surface area contributed by atoms with E-state index in [1.54, 1.807) is 42.7 Å². The van der Waals surface area contributed by atoms with Crippen molar-refractivity contribution in [3.63, 3.8) is 0 Å². The first-order valence-electron chi connectivity index (χ1n) is 16.2. The van der Waals surface area contributed by atoms with Gasteiger partial charge in [0.15, 0.2) is 0 Å². The quantitative estimate of drug-likeness (QED) is 0.0644. The second kappa shape index (κ2) is 25.5. The maximum atomic E-state index is 5.36. The molecule has 0 N–H and O–H groups in total. The first-order chi connectivity index (χ1) is 18.9. The van der Waals surface area contributed by atoms with Gasteiger partial charge in [-0.15, -0.1) is 0 Å². The second-order valence-electron chi connectivity index (χ2n) is 11.8. The van der Waals surface area contributed by atoms with Crippen molar-refractivity contribution >= 4 is 0 Å². The largest absolute Gasteiger partial charge is 0.331 e. The first kappa shape index (κ1) is 38.8. The number of methoxy groups -OCH3 is 6. The van der Waals surface area contributed by atoms with Crippen molar-refractivity contribution in [1.82, 2.24) is 0 Å². The van der Waals surface area contributed by atoms with Crippen molar-refractivity contribution in [2.45, 2.75) is 161 Å². The van der Waals surface area contributed by atoms with E-state index in [4.69, 9.17) is 28.4 Å². The second-order valence-corrected chi connectivity index (χ2v) is 11.8. The molecule has 0 rings (SSSR count). The van der Waals surface area contributed by atoms with E-state index >= 15 is 0 Å². The molecule has 0 aliphatic rings. The average Bonchev–Trinajstić information content (AvgIpc) is 2.96. The number of rotatable bonds is 30. The summed E-state index contributed by atoms with van der Waals surface area (Å²) in [5, 5.41) is 0. The summed E-state index contributed by atoms with van der Waals surface area (Å²) in [5.74, 6) is 0.0427. The van der Waals surface area contributed by atoms with Gasteiger partial charge in [0, 0.05) is 55.5 Å². The molecule has 39 heavy (non-hydrogen) atoms. The normalized spacial score (nSPS) is 14.2. The lowest BCUT2D eigenvalue weighted by Gasteiger charge is -2.28. The van der Waals surface area contributed by atoms with Crippen molar-refractivity contribution in [3.05, 3.63) is 0 Å². The molecule has 2 atom stereocenters. The monoisotopic (exact) mass is 561 g/mol. The highest BCUT2D eigenvalue weighted by atomic mass is 16.9. The molecular formula is C33H68O6. The summed E-state index contributed by atoms with van der Waals surface area (Å²) < 4.78 is 32.2. The molecule has 6 heteroatoms. The molecule has 0 spiro atoms. The van der Waals surface area contributed by atoms with Crippen LogP contribution in [0.3, 0.4) is 0 Å². The molecule has 236 valence electrons. The molecule has 0 amide bonds. The third-order valence-corrected chi connectivity index (χ3v) is 8.62. The van der Waals surface area contributed by atoms with Crippen LogP contribution in [0.2, 0.25) is 0 Å². The molecule has 0 saturated heterocycles. The van der Waals surface area contributed by atoms with Crippen LogP contribution in [-0.2, 0) is 28.4 Å². The first-order valence-corrected chi connectivity index (χ1v) is 16.2. The summed E-state index contributed by atoms with van der Waals surface area (Å²) in [7, 11) is 9.84. The van der Waals surface area contributed by atoms with Gasteiger partial charge in [-0.05, 0) is 24.7 Å². The van der Waals surface area contributed by atoms with Crippen LogP contribution in [0.4, 0.5) is 0 Å². The standard InChI is InChI=1S/C33H68O6/c1-30(24-19-15-11-9-13-17-21-28-32(34-3,35-4)36-5)26-23-27-31(2)25-20-16-12-10-14-18-22-29-33(37-6,38-7)39-8/h30-31H,9-29H2,1-8H3. The summed E-state index contributed by atoms with van der Waals surface area (Å²) in [4.78, 5) is 0. The van der Waals surface area contributed by atoms with Gasteiger partial charge in [-0.1, -0.05) is 123 Å². The molecule has 6 nitrogen and oxygen atoms in total. The van der Waals surface area contributed by atoms with E-state index in [1.807, 2.05) is 0 Å². The Morgan fingerprint density at radius 2 is 0.564 bits per heavy atom. The Morgan fingerprint density at radius 1 is 0.333 bits per heavy atom. The Morgan fingerprint density at radius 3 is 0.846 bits per heavy atom. The molecule has 0 aliphatic heterocycles. The predicted molar refractivity (Wildman–Crippen MR) is 163 cm³/mol. The minimum Gasteiger partial charge on any atom is -0.331 e. The molecule has 0 saturated carbocycles. The number of hydrogen-bond donors (Lipinski definition) is 0. The lowest BCUT2D eigenvalue weighted by Crippen LogP contribution is -2.35. The lowest BCUT2D eigenvalue weighted by atomic mass is 9.92. The summed E-state index contributed by atoms with van der Waals surface area (Å²) >= 11 is 0. The van der Waals surface area contributed by atoms with Crippen molar-refractivity contribution in [1.29, 1.82) is 0 Å². The van der Waals surface area contributed by atoms with Gasteiger partial charge in [0.1, 0.15) is 0 Å². The van der Waals surface area contributed by atoms with Crippen molar-refractivity contribution < 1.29 is 28.4 Å². The number of ether oxygens (including phenoxy) is 6. The maximum Gasteiger partial charge on any atom is 0.282 e. The SMILES string of the molecule is COC(CCCCCCCCCC(C)CCCC(C)CCCCCCCCCC(OC)(OC)OC)(OC)OC. The number of hydrogen-bond acceptors (Lipinski definition) is 6. The Labute approximate surface area is 243 Å². The van der Waals surface area contributed by atoms with Gasteiger partial charge in [-0.3, -0.25) is 0 Å². The van der Waals surface area contributed by atoms with Crippen molar-refractivity contribution in [2.75, 3.05) is 42.7 Å². The molecule has 0 aromatic rings. The topological polar surface area (TPSA) is 55.4 Å². The van der Waals surface area contributed by atoms with Crippen LogP contribution < -0.4 is 0 Å². The van der Waals surface area contributed by atoms with Crippen LogP contribution >= 0.6 is 0 Å². The molecule has 0 aliphatic carbocycles. The Balaban J connectivity index is 3.53. The van der Waals surface area contributed by atoms with Crippen molar-refractivity contribution in [2.24, 2.45) is 11.8 Å². The zero-order valence-electron chi connectivity index (χ0n) is 27.5. The van der Waals surface area contributed by atoms with Crippen molar-refractivity contribution in [3.8, 4) is 0 Å². The van der Waals surface area contributed by atoms with Gasteiger partial charge >= 0.3 is 0 Å². The van der Waals surface area contributed by atoms with Gasteiger partial charge in [-0.25, -0.2) is 0 Å². The van der Waals surface area contributed by atoms with Gasteiger partial charge in [0.25, 0.3) is 11.9 Å². The fourth-order valence-corrected chi connectivity index (χ4v) is 5.65. The van der Waals surface area contributed by atoms with Crippen LogP contribution in [0.25, 0.3) is 0 Å². The zero-order valence-corrected chi connectivity index (χ0v) is 27.5. The number of unbranched alkanes of at least 4 members (excludes halogenated alkanes) is 12. The third-order valence-electron chi connectivity index (χ3n) is 8.62. The zero-order chi connectivity index (χ0) is 29.2. The highest BCUT2D eigenvalue weighted by Gasteiger charge is 2.29. The van der Waals surface area contributed by atoms with Crippen LogP contribution in [0.15, 0.2) is 0 Å². The van der Waals surface area contributed by atoms with E-state index in [-0.39, 0.29) is 0 Å². The highest BCUT2D eigenvalue weighted by Crippen LogP contribution is 2.24. The molecule has 0 heterocycles.